The van der Waals surface area contributed by atoms with Gasteiger partial charge >= 0.3 is 5.97 Å². The predicted octanol–water partition coefficient (Wildman–Crippen LogP) is 5.07. The first kappa shape index (κ1) is 32.5. The number of rotatable bonds is 15. The van der Waals surface area contributed by atoms with Gasteiger partial charge in [-0.1, -0.05) is 56.9 Å². The third-order valence-corrected chi connectivity index (χ3v) is 8.39. The molecule has 1 heterocycles. The normalized spacial score (nSPS) is 22.1. The lowest BCUT2D eigenvalue weighted by molar-refractivity contribution is -0.141. The van der Waals surface area contributed by atoms with Gasteiger partial charge in [0.05, 0.1) is 24.5 Å². The average molecular weight is 574 g/mol. The fourth-order valence-electron chi connectivity index (χ4n) is 6.37. The van der Waals surface area contributed by atoms with Crippen LogP contribution in [-0.2, 0) is 14.4 Å². The molecule has 8 nitrogen and oxygen atoms in total. The number of carbonyl (C=O) groups excluding carboxylic acids is 2. The van der Waals surface area contributed by atoms with Crippen molar-refractivity contribution in [3.8, 4) is 5.75 Å². The van der Waals surface area contributed by atoms with Crippen molar-refractivity contribution in [2.75, 3.05) is 13.2 Å². The molecule has 0 radical (unpaired) electrons. The number of fused-ring (bicyclic) bond motifs is 1. The number of aromatic hydroxyl groups is 1. The summed E-state index contributed by atoms with van der Waals surface area (Å²) < 4.78 is 13.9. The topological polar surface area (TPSA) is 135 Å². The van der Waals surface area contributed by atoms with E-state index in [-0.39, 0.29) is 37.3 Å². The maximum absolute atomic E-state index is 13.9. The number of phenols is 1. The van der Waals surface area contributed by atoms with E-state index in [1.54, 1.807) is 6.07 Å². The van der Waals surface area contributed by atoms with Crippen molar-refractivity contribution in [1.82, 2.24) is 4.90 Å². The number of carbonyl (C=O) groups is 3. The zero-order valence-corrected chi connectivity index (χ0v) is 24.3. The number of nitrogens with zero attached hydrogens (tertiary/aromatic N) is 1. The molecular formula is C32H44FNO7. The average Bonchev–Trinajstić information content (AvgIpc) is 3.16. The Hall–Kier alpha value is -3.04. The fourth-order valence-corrected chi connectivity index (χ4v) is 6.37. The van der Waals surface area contributed by atoms with Crippen molar-refractivity contribution >= 4 is 23.9 Å². The van der Waals surface area contributed by atoms with E-state index in [0.717, 1.165) is 24.0 Å². The number of imide groups is 1. The number of halogens is 1. The zero-order valence-electron chi connectivity index (χ0n) is 24.3. The number of hydrogen-bond donors (Lipinski definition) is 4. The molecule has 9 heteroatoms. The van der Waals surface area contributed by atoms with Gasteiger partial charge in [-0.05, 0) is 67.7 Å². The molecule has 0 unspecified atom stereocenters. The number of likely N-dealkylation sites (tertiary alicyclic amines) is 1. The van der Waals surface area contributed by atoms with Crippen LogP contribution in [0.3, 0.4) is 0 Å². The number of carboxylic acids is 1. The summed E-state index contributed by atoms with van der Waals surface area (Å²) in [4.78, 5) is 38.8. The van der Waals surface area contributed by atoms with Gasteiger partial charge in [0.15, 0.2) is 11.6 Å². The highest BCUT2D eigenvalue weighted by Crippen LogP contribution is 2.48. The van der Waals surface area contributed by atoms with E-state index in [4.69, 9.17) is 5.11 Å². The van der Waals surface area contributed by atoms with Gasteiger partial charge in [-0.15, -0.1) is 0 Å². The molecule has 0 spiro atoms. The number of hydrogen-bond acceptors (Lipinski definition) is 6. The Morgan fingerprint density at radius 2 is 1.85 bits per heavy atom. The zero-order chi connectivity index (χ0) is 30.3. The SMILES string of the molecule is CCC/C(=C\c1ccc(O)c(F)c1)CC[C@@H](O)C1=C(C(C)C)C[C@H]2C(=O)N(CCCCCC(=O)O)C(=O)[C@H]2[C@H]1CO. The first-order chi connectivity index (χ1) is 19.5. The standard InChI is InChI=1S/C32H44FNO7/c1-4-8-20(15-21-11-12-26(36)25(33)16-21)10-13-27(37)29-22(19(2)3)17-23-30(24(29)18-35)32(41)34(31(23)40)14-7-5-6-9-28(38)39/h11-12,15-16,19,23-24,27,30,35-37H,4-10,13-14,17-18H2,1-3H3,(H,38,39)/b20-15+/t23-,24+,27-,30-/m1/s1. The number of allylic oxidation sites excluding steroid dienone is 2. The molecule has 0 bridgehead atoms. The molecule has 1 aliphatic carbocycles. The summed E-state index contributed by atoms with van der Waals surface area (Å²) in [6.45, 7) is 5.87. The third kappa shape index (κ3) is 7.83. The number of aliphatic hydroxyl groups is 2. The Balaban J connectivity index is 1.79. The Labute approximate surface area is 241 Å². The molecule has 4 atom stereocenters. The number of phenolic OH excluding ortho intramolecular Hbond substituents is 1. The van der Waals surface area contributed by atoms with Gasteiger partial charge in [-0.3, -0.25) is 19.3 Å². The van der Waals surface area contributed by atoms with E-state index in [9.17, 15) is 34.1 Å². The van der Waals surface area contributed by atoms with E-state index in [0.29, 0.717) is 49.7 Å². The summed E-state index contributed by atoms with van der Waals surface area (Å²) in [6.07, 6.45) is 5.40. The highest BCUT2D eigenvalue weighted by Gasteiger charge is 2.54. The lowest BCUT2D eigenvalue weighted by Gasteiger charge is -2.38. The van der Waals surface area contributed by atoms with Crippen LogP contribution in [0.15, 0.2) is 34.9 Å². The lowest BCUT2D eigenvalue weighted by atomic mass is 9.66. The van der Waals surface area contributed by atoms with Crippen LogP contribution in [0, 0.1) is 29.5 Å². The van der Waals surface area contributed by atoms with Gasteiger partial charge in [0.2, 0.25) is 11.8 Å². The molecule has 2 amide bonds. The van der Waals surface area contributed by atoms with E-state index in [1.165, 1.54) is 17.0 Å². The van der Waals surface area contributed by atoms with Crippen molar-refractivity contribution in [3.05, 3.63) is 46.3 Å². The van der Waals surface area contributed by atoms with E-state index in [1.807, 2.05) is 26.8 Å². The predicted molar refractivity (Wildman–Crippen MR) is 153 cm³/mol. The highest BCUT2D eigenvalue weighted by atomic mass is 19.1. The van der Waals surface area contributed by atoms with Crippen molar-refractivity contribution in [2.45, 2.75) is 84.7 Å². The van der Waals surface area contributed by atoms with Crippen LogP contribution >= 0.6 is 0 Å². The van der Waals surface area contributed by atoms with Gasteiger partial charge < -0.3 is 20.4 Å². The van der Waals surface area contributed by atoms with Crippen molar-refractivity contribution < 1.29 is 39.2 Å². The Morgan fingerprint density at radius 1 is 1.12 bits per heavy atom. The van der Waals surface area contributed by atoms with Gasteiger partial charge in [0.1, 0.15) is 0 Å². The van der Waals surface area contributed by atoms with Crippen LogP contribution in [0.4, 0.5) is 4.39 Å². The molecular weight excluding hydrogens is 529 g/mol. The monoisotopic (exact) mass is 573 g/mol. The van der Waals surface area contributed by atoms with Crippen molar-refractivity contribution in [3.63, 3.8) is 0 Å². The molecule has 1 fully saturated rings. The van der Waals surface area contributed by atoms with Gasteiger partial charge in [-0.25, -0.2) is 4.39 Å². The van der Waals surface area contributed by atoms with Crippen molar-refractivity contribution in [1.29, 1.82) is 0 Å². The maximum atomic E-state index is 13.9. The highest BCUT2D eigenvalue weighted by molar-refractivity contribution is 6.05. The molecule has 4 N–H and O–H groups in total. The first-order valence-corrected chi connectivity index (χ1v) is 14.8. The molecule has 2 aliphatic rings. The number of unbranched alkanes of at least 4 members (excludes halogenated alkanes) is 2. The minimum atomic E-state index is -0.921. The Morgan fingerprint density at radius 3 is 2.46 bits per heavy atom. The van der Waals surface area contributed by atoms with Gasteiger partial charge in [-0.2, -0.15) is 0 Å². The van der Waals surface area contributed by atoms with Crippen LogP contribution in [0.25, 0.3) is 6.08 Å². The van der Waals surface area contributed by atoms with Crippen LogP contribution in [0.1, 0.15) is 84.1 Å². The quantitative estimate of drug-likeness (QED) is 0.131. The van der Waals surface area contributed by atoms with Crippen LogP contribution in [0.2, 0.25) is 0 Å². The van der Waals surface area contributed by atoms with Gasteiger partial charge in [0.25, 0.3) is 0 Å². The minimum Gasteiger partial charge on any atom is -0.505 e. The number of benzene rings is 1. The molecule has 1 aromatic rings. The third-order valence-electron chi connectivity index (χ3n) is 8.39. The Bertz CT molecular complexity index is 1170. The summed E-state index contributed by atoms with van der Waals surface area (Å²) in [5.41, 5.74) is 3.19. The molecule has 0 aromatic heterocycles. The van der Waals surface area contributed by atoms with Crippen LogP contribution in [0.5, 0.6) is 5.75 Å². The smallest absolute Gasteiger partial charge is 0.303 e. The number of carboxylic acid groups (broad SMARTS) is 1. The molecule has 1 aliphatic heterocycles. The molecule has 0 saturated carbocycles. The molecule has 226 valence electrons. The molecule has 1 saturated heterocycles. The molecule has 3 rings (SSSR count). The van der Waals surface area contributed by atoms with E-state index >= 15 is 0 Å². The largest absolute Gasteiger partial charge is 0.505 e. The van der Waals surface area contributed by atoms with Crippen LogP contribution < -0.4 is 0 Å². The van der Waals surface area contributed by atoms with Gasteiger partial charge in [0, 0.05) is 18.9 Å². The second-order valence-electron chi connectivity index (χ2n) is 11.6. The fraction of sp³-hybridized carbons (Fsp3) is 0.594. The van der Waals surface area contributed by atoms with E-state index < -0.39 is 41.4 Å². The maximum Gasteiger partial charge on any atom is 0.303 e. The summed E-state index contributed by atoms with van der Waals surface area (Å²) in [5.74, 6) is -4.54. The number of aliphatic hydroxyl groups excluding tert-OH is 2. The Kier molecular flexibility index (Phi) is 11.7. The van der Waals surface area contributed by atoms with E-state index in [2.05, 4.69) is 0 Å². The summed E-state index contributed by atoms with van der Waals surface area (Å²) >= 11 is 0. The minimum absolute atomic E-state index is 0.00764. The molecule has 41 heavy (non-hydrogen) atoms. The lowest BCUT2D eigenvalue weighted by Crippen LogP contribution is -2.40. The second-order valence-corrected chi connectivity index (χ2v) is 11.6. The second kappa shape index (κ2) is 14.7. The summed E-state index contributed by atoms with van der Waals surface area (Å²) in [6, 6.07) is 4.21. The number of amides is 2. The summed E-state index contributed by atoms with van der Waals surface area (Å²) in [5, 5.41) is 40.3. The molecule has 1 aromatic carbocycles. The summed E-state index contributed by atoms with van der Waals surface area (Å²) in [7, 11) is 0. The first-order valence-electron chi connectivity index (χ1n) is 14.8. The number of aliphatic carboxylic acids is 1. The van der Waals surface area contributed by atoms with Crippen LogP contribution in [-0.4, -0.2) is 62.4 Å². The van der Waals surface area contributed by atoms with Crippen molar-refractivity contribution in [2.24, 2.45) is 23.7 Å².